The number of aliphatic hydroxyl groups is 1. The summed E-state index contributed by atoms with van der Waals surface area (Å²) in [6.07, 6.45) is 5.63. The minimum atomic E-state index is -0.0931. The molecular weight excluding hydrogens is 338 g/mol. The van der Waals surface area contributed by atoms with Crippen molar-refractivity contribution in [3.05, 3.63) is 35.4 Å². The van der Waals surface area contributed by atoms with Gasteiger partial charge in [-0.2, -0.15) is 0 Å². The van der Waals surface area contributed by atoms with Crippen molar-refractivity contribution in [1.29, 1.82) is 0 Å². The minimum absolute atomic E-state index is 0.0931. The van der Waals surface area contributed by atoms with Crippen LogP contribution in [-0.2, 0) is 17.8 Å². The Morgan fingerprint density at radius 3 is 2.59 bits per heavy atom. The van der Waals surface area contributed by atoms with Crippen molar-refractivity contribution in [2.45, 2.75) is 63.4 Å². The van der Waals surface area contributed by atoms with E-state index in [-0.39, 0.29) is 6.10 Å². The number of nitrogens with one attached hydrogen (secondary N) is 2. The quantitative estimate of drug-likeness (QED) is 0.711. The molecule has 5 nitrogen and oxygen atoms in total. The van der Waals surface area contributed by atoms with Crippen LogP contribution in [0.5, 0.6) is 0 Å². The number of hydrogen-bond donors (Lipinski definition) is 3. The number of aliphatic hydroxyl groups excluding tert-OH is 1. The van der Waals surface area contributed by atoms with Crippen molar-refractivity contribution < 1.29 is 9.84 Å². The Hall–Kier alpha value is -0.980. The third-order valence-electron chi connectivity index (χ3n) is 6.59. The van der Waals surface area contributed by atoms with Gasteiger partial charge in [0.25, 0.3) is 0 Å². The standard InChI is InChI=1S/C22H35N3O2/c26-19-8-11-25(12-9-19)15-18-6-4-17(5-7-18)14-24-21-3-1-2-20(21)22-16-27-13-10-23-22/h4-7,19-24,26H,1-3,8-16H2. The Morgan fingerprint density at radius 2 is 1.85 bits per heavy atom. The van der Waals surface area contributed by atoms with Crippen molar-refractivity contribution in [2.75, 3.05) is 32.8 Å². The molecule has 3 aliphatic rings. The van der Waals surface area contributed by atoms with Gasteiger partial charge in [0, 0.05) is 44.8 Å². The molecule has 3 N–H and O–H groups in total. The first-order valence-corrected chi connectivity index (χ1v) is 10.8. The molecule has 1 aromatic rings. The van der Waals surface area contributed by atoms with Crippen molar-refractivity contribution in [3.8, 4) is 0 Å². The van der Waals surface area contributed by atoms with Crippen molar-refractivity contribution in [1.82, 2.24) is 15.5 Å². The van der Waals surface area contributed by atoms with Gasteiger partial charge in [-0.25, -0.2) is 0 Å². The Labute approximate surface area is 163 Å². The molecule has 150 valence electrons. The SMILES string of the molecule is OC1CCN(Cc2ccc(CNC3CCCC3C3COCCN3)cc2)CC1. The number of nitrogens with zero attached hydrogens (tertiary/aromatic N) is 1. The average molecular weight is 374 g/mol. The molecule has 2 heterocycles. The van der Waals surface area contributed by atoms with Crippen LogP contribution >= 0.6 is 0 Å². The molecule has 5 heteroatoms. The Morgan fingerprint density at radius 1 is 1.07 bits per heavy atom. The first-order valence-electron chi connectivity index (χ1n) is 10.8. The summed E-state index contributed by atoms with van der Waals surface area (Å²) in [7, 11) is 0. The van der Waals surface area contributed by atoms with Crippen LogP contribution in [0.2, 0.25) is 0 Å². The van der Waals surface area contributed by atoms with Gasteiger partial charge < -0.3 is 20.5 Å². The van der Waals surface area contributed by atoms with Gasteiger partial charge in [-0.3, -0.25) is 4.90 Å². The molecule has 1 aliphatic carbocycles. The summed E-state index contributed by atoms with van der Waals surface area (Å²) < 4.78 is 5.68. The third kappa shape index (κ3) is 5.30. The Bertz CT molecular complexity index is 565. The molecule has 0 spiro atoms. The third-order valence-corrected chi connectivity index (χ3v) is 6.59. The average Bonchev–Trinajstić information content (AvgIpc) is 3.19. The summed E-state index contributed by atoms with van der Waals surface area (Å²) in [4.78, 5) is 2.45. The highest BCUT2D eigenvalue weighted by Gasteiger charge is 2.34. The molecule has 2 saturated heterocycles. The van der Waals surface area contributed by atoms with E-state index in [4.69, 9.17) is 4.74 Å². The summed E-state index contributed by atoms with van der Waals surface area (Å²) >= 11 is 0. The second-order valence-corrected chi connectivity index (χ2v) is 8.54. The molecule has 27 heavy (non-hydrogen) atoms. The lowest BCUT2D eigenvalue weighted by atomic mass is 9.94. The molecule has 3 atom stereocenters. The number of morpholine rings is 1. The molecule has 2 aliphatic heterocycles. The lowest BCUT2D eigenvalue weighted by Crippen LogP contribution is -2.50. The van der Waals surface area contributed by atoms with Gasteiger partial charge in [-0.15, -0.1) is 0 Å². The van der Waals surface area contributed by atoms with Gasteiger partial charge in [-0.05, 0) is 42.7 Å². The predicted molar refractivity (Wildman–Crippen MR) is 108 cm³/mol. The molecule has 1 saturated carbocycles. The molecule has 3 unspecified atom stereocenters. The maximum absolute atomic E-state index is 9.64. The highest BCUT2D eigenvalue weighted by molar-refractivity contribution is 5.22. The van der Waals surface area contributed by atoms with E-state index in [1.54, 1.807) is 0 Å². The van der Waals surface area contributed by atoms with Crippen LogP contribution in [0, 0.1) is 5.92 Å². The summed E-state index contributed by atoms with van der Waals surface area (Å²) in [6.45, 7) is 6.67. The van der Waals surface area contributed by atoms with E-state index in [9.17, 15) is 5.11 Å². The smallest absolute Gasteiger partial charge is 0.0623 e. The lowest BCUT2D eigenvalue weighted by molar-refractivity contribution is 0.0524. The van der Waals surface area contributed by atoms with E-state index >= 15 is 0 Å². The van der Waals surface area contributed by atoms with Crippen LogP contribution < -0.4 is 10.6 Å². The van der Waals surface area contributed by atoms with E-state index in [2.05, 4.69) is 39.8 Å². The molecule has 0 bridgehead atoms. The maximum Gasteiger partial charge on any atom is 0.0623 e. The van der Waals surface area contributed by atoms with E-state index in [1.807, 2.05) is 0 Å². The first-order chi connectivity index (χ1) is 13.3. The Kier molecular flexibility index (Phi) is 6.79. The van der Waals surface area contributed by atoms with Crippen LogP contribution in [0.25, 0.3) is 0 Å². The zero-order valence-electron chi connectivity index (χ0n) is 16.4. The van der Waals surface area contributed by atoms with Crippen molar-refractivity contribution in [3.63, 3.8) is 0 Å². The van der Waals surface area contributed by atoms with Gasteiger partial charge in [0.05, 0.1) is 19.3 Å². The second-order valence-electron chi connectivity index (χ2n) is 8.54. The number of piperidine rings is 1. The van der Waals surface area contributed by atoms with Gasteiger partial charge in [-0.1, -0.05) is 30.7 Å². The van der Waals surface area contributed by atoms with Crippen LogP contribution in [0.4, 0.5) is 0 Å². The summed E-state index contributed by atoms with van der Waals surface area (Å²) in [5, 5.41) is 17.1. The normalized spacial score (nSPS) is 30.6. The van der Waals surface area contributed by atoms with E-state index in [0.29, 0.717) is 18.0 Å². The van der Waals surface area contributed by atoms with Crippen LogP contribution in [0.15, 0.2) is 24.3 Å². The van der Waals surface area contributed by atoms with Gasteiger partial charge in [0.15, 0.2) is 0 Å². The molecule has 0 aromatic heterocycles. The fourth-order valence-electron chi connectivity index (χ4n) is 4.93. The fraction of sp³-hybridized carbons (Fsp3) is 0.727. The highest BCUT2D eigenvalue weighted by Crippen LogP contribution is 2.29. The highest BCUT2D eigenvalue weighted by atomic mass is 16.5. The van der Waals surface area contributed by atoms with Crippen LogP contribution in [0.1, 0.15) is 43.2 Å². The van der Waals surface area contributed by atoms with Crippen LogP contribution in [0.3, 0.4) is 0 Å². The van der Waals surface area contributed by atoms with Crippen molar-refractivity contribution in [2.24, 2.45) is 5.92 Å². The van der Waals surface area contributed by atoms with E-state index < -0.39 is 0 Å². The van der Waals surface area contributed by atoms with Gasteiger partial charge in [0.1, 0.15) is 0 Å². The van der Waals surface area contributed by atoms with Crippen LogP contribution in [-0.4, -0.2) is 61.0 Å². The zero-order chi connectivity index (χ0) is 18.5. The molecule has 0 amide bonds. The molecule has 4 rings (SSSR count). The van der Waals surface area contributed by atoms with E-state index in [0.717, 1.165) is 58.8 Å². The zero-order valence-corrected chi connectivity index (χ0v) is 16.4. The molecule has 0 radical (unpaired) electrons. The number of hydrogen-bond acceptors (Lipinski definition) is 5. The predicted octanol–water partition coefficient (Wildman–Crippen LogP) is 1.89. The number of likely N-dealkylation sites (tertiary alicyclic amines) is 1. The topological polar surface area (TPSA) is 56.8 Å². The summed E-state index contributed by atoms with van der Waals surface area (Å²) in [5.41, 5.74) is 2.74. The summed E-state index contributed by atoms with van der Waals surface area (Å²) in [5.74, 6) is 0.694. The number of benzene rings is 1. The second kappa shape index (κ2) is 9.48. The maximum atomic E-state index is 9.64. The Balaban J connectivity index is 1.24. The van der Waals surface area contributed by atoms with Gasteiger partial charge in [0.2, 0.25) is 0 Å². The molecule has 1 aromatic carbocycles. The van der Waals surface area contributed by atoms with E-state index in [1.165, 1.54) is 30.4 Å². The fourth-order valence-corrected chi connectivity index (χ4v) is 4.93. The molecular formula is C22H35N3O2. The number of rotatable bonds is 6. The minimum Gasteiger partial charge on any atom is -0.393 e. The first kappa shape index (κ1) is 19.3. The number of ether oxygens (including phenoxy) is 1. The van der Waals surface area contributed by atoms with Crippen molar-refractivity contribution >= 4 is 0 Å². The largest absolute Gasteiger partial charge is 0.393 e. The monoisotopic (exact) mass is 373 g/mol. The lowest BCUT2D eigenvalue weighted by Gasteiger charge is -2.33. The summed E-state index contributed by atoms with van der Waals surface area (Å²) in [6, 6.07) is 10.2. The molecule has 3 fully saturated rings. The van der Waals surface area contributed by atoms with Gasteiger partial charge >= 0.3 is 0 Å².